The fourth-order valence-electron chi connectivity index (χ4n) is 3.79. The van der Waals surface area contributed by atoms with Crippen LogP contribution in [-0.2, 0) is 12.0 Å². The van der Waals surface area contributed by atoms with E-state index in [1.165, 1.54) is 38.6 Å². The third-order valence-corrected chi connectivity index (χ3v) is 5.23. The Labute approximate surface area is 180 Å². The first kappa shape index (κ1) is 22.4. The van der Waals surface area contributed by atoms with Gasteiger partial charge >= 0.3 is 0 Å². The van der Waals surface area contributed by atoms with E-state index in [1.54, 1.807) is 0 Å². The highest BCUT2D eigenvalue weighted by atomic mass is 127. The van der Waals surface area contributed by atoms with E-state index in [1.807, 2.05) is 0 Å². The first-order valence-electron chi connectivity index (χ1n) is 10.1. The quantitative estimate of drug-likeness (QED) is 0.376. The second-order valence-corrected chi connectivity index (χ2v) is 8.52. The van der Waals surface area contributed by atoms with Crippen molar-refractivity contribution in [2.45, 2.75) is 83.8 Å². The van der Waals surface area contributed by atoms with E-state index in [4.69, 9.17) is 4.52 Å². The molecule has 27 heavy (non-hydrogen) atoms. The molecule has 8 heteroatoms. The molecule has 2 aliphatic rings. The number of guanidine groups is 1. The number of hydrogen-bond acceptors (Lipinski definition) is 5. The molecule has 1 atom stereocenters. The zero-order valence-corrected chi connectivity index (χ0v) is 19.5. The number of aliphatic imine (C=N–C) groups is 1. The highest BCUT2D eigenvalue weighted by Gasteiger charge is 2.30. The van der Waals surface area contributed by atoms with Crippen LogP contribution in [0.25, 0.3) is 0 Å². The van der Waals surface area contributed by atoms with E-state index in [0.717, 1.165) is 25.1 Å². The highest BCUT2D eigenvalue weighted by molar-refractivity contribution is 14.0. The SMILES string of the molecule is CCNC(=NCc1noc(C(C)(C)C)n1)NC1CCN(C2CCCC2)C1.I. The molecule has 7 nitrogen and oxygen atoms in total. The Kier molecular flexibility index (Phi) is 8.33. The van der Waals surface area contributed by atoms with Crippen LogP contribution in [0.4, 0.5) is 0 Å². The smallest absolute Gasteiger partial charge is 0.232 e. The molecule has 1 saturated carbocycles. The van der Waals surface area contributed by atoms with Gasteiger partial charge in [0.1, 0.15) is 6.54 Å². The van der Waals surface area contributed by atoms with E-state index in [0.29, 0.717) is 24.3 Å². The number of likely N-dealkylation sites (tertiary alicyclic amines) is 1. The molecule has 0 radical (unpaired) electrons. The van der Waals surface area contributed by atoms with Gasteiger partial charge in [0.25, 0.3) is 0 Å². The topological polar surface area (TPSA) is 78.6 Å². The lowest BCUT2D eigenvalue weighted by Crippen LogP contribution is -2.45. The zero-order chi connectivity index (χ0) is 18.6. The molecule has 1 saturated heterocycles. The van der Waals surface area contributed by atoms with Crippen LogP contribution in [0.1, 0.15) is 71.5 Å². The predicted molar refractivity (Wildman–Crippen MR) is 119 cm³/mol. The average molecular weight is 490 g/mol. The highest BCUT2D eigenvalue weighted by Crippen LogP contribution is 2.26. The average Bonchev–Trinajstić information content (AvgIpc) is 3.32. The lowest BCUT2D eigenvalue weighted by molar-refractivity contribution is 0.242. The second kappa shape index (κ2) is 10.0. The summed E-state index contributed by atoms with van der Waals surface area (Å²) in [5, 5.41) is 11.0. The number of rotatable bonds is 5. The molecule has 3 rings (SSSR count). The molecule has 1 unspecified atom stereocenters. The summed E-state index contributed by atoms with van der Waals surface area (Å²) in [6.07, 6.45) is 6.70. The number of nitrogens with zero attached hydrogens (tertiary/aromatic N) is 4. The summed E-state index contributed by atoms with van der Waals surface area (Å²) in [5.74, 6) is 2.13. The van der Waals surface area contributed by atoms with Crippen molar-refractivity contribution in [3.63, 3.8) is 0 Å². The van der Waals surface area contributed by atoms with Crippen LogP contribution in [0.15, 0.2) is 9.52 Å². The molecule has 1 aliphatic heterocycles. The van der Waals surface area contributed by atoms with Crippen LogP contribution in [0.3, 0.4) is 0 Å². The summed E-state index contributed by atoms with van der Waals surface area (Å²) in [5.41, 5.74) is -0.134. The molecule has 0 bridgehead atoms. The monoisotopic (exact) mass is 490 g/mol. The van der Waals surface area contributed by atoms with Crippen molar-refractivity contribution in [2.24, 2.45) is 4.99 Å². The van der Waals surface area contributed by atoms with Crippen molar-refractivity contribution in [2.75, 3.05) is 19.6 Å². The minimum atomic E-state index is -0.134. The zero-order valence-electron chi connectivity index (χ0n) is 17.1. The molecule has 154 valence electrons. The van der Waals surface area contributed by atoms with Crippen molar-refractivity contribution in [3.8, 4) is 0 Å². The van der Waals surface area contributed by atoms with Gasteiger partial charge in [-0.2, -0.15) is 4.98 Å². The summed E-state index contributed by atoms with van der Waals surface area (Å²) in [6.45, 7) is 11.9. The normalized spacial score (nSPS) is 22.1. The van der Waals surface area contributed by atoms with Crippen LogP contribution in [-0.4, -0.2) is 52.7 Å². The van der Waals surface area contributed by atoms with Gasteiger partial charge in [-0.1, -0.05) is 38.8 Å². The molecule has 1 aliphatic carbocycles. The van der Waals surface area contributed by atoms with Crippen molar-refractivity contribution in [1.29, 1.82) is 0 Å². The Morgan fingerprint density at radius 1 is 1.26 bits per heavy atom. The summed E-state index contributed by atoms with van der Waals surface area (Å²) in [7, 11) is 0. The Morgan fingerprint density at radius 2 is 2.00 bits per heavy atom. The molecule has 0 aromatic carbocycles. The van der Waals surface area contributed by atoms with E-state index < -0.39 is 0 Å². The number of halogens is 1. The number of nitrogens with one attached hydrogen (secondary N) is 2. The van der Waals surface area contributed by atoms with Gasteiger partial charge in [-0.15, -0.1) is 24.0 Å². The maximum Gasteiger partial charge on any atom is 0.232 e. The Morgan fingerprint density at radius 3 is 2.63 bits per heavy atom. The van der Waals surface area contributed by atoms with Gasteiger partial charge in [0.2, 0.25) is 5.89 Å². The van der Waals surface area contributed by atoms with Gasteiger partial charge in [0, 0.05) is 37.1 Å². The summed E-state index contributed by atoms with van der Waals surface area (Å²) in [6, 6.07) is 1.26. The largest absolute Gasteiger partial charge is 0.357 e. The van der Waals surface area contributed by atoms with Gasteiger partial charge in [-0.25, -0.2) is 4.99 Å². The minimum Gasteiger partial charge on any atom is -0.357 e. The summed E-state index contributed by atoms with van der Waals surface area (Å²) < 4.78 is 5.35. The molecule has 2 heterocycles. The van der Waals surface area contributed by atoms with Crippen LogP contribution < -0.4 is 10.6 Å². The molecular formula is C19H35IN6O. The second-order valence-electron chi connectivity index (χ2n) is 8.52. The molecular weight excluding hydrogens is 455 g/mol. The number of hydrogen-bond donors (Lipinski definition) is 2. The van der Waals surface area contributed by atoms with Gasteiger partial charge in [-0.05, 0) is 26.2 Å². The Bertz CT molecular complexity index is 606. The first-order valence-corrected chi connectivity index (χ1v) is 10.1. The van der Waals surface area contributed by atoms with Gasteiger partial charge in [0.15, 0.2) is 11.8 Å². The van der Waals surface area contributed by atoms with Crippen LogP contribution in [0.2, 0.25) is 0 Å². The summed E-state index contributed by atoms with van der Waals surface area (Å²) >= 11 is 0. The molecule has 0 amide bonds. The van der Waals surface area contributed by atoms with E-state index >= 15 is 0 Å². The fraction of sp³-hybridized carbons (Fsp3) is 0.842. The standard InChI is InChI=1S/C19H34N6O.HI/c1-5-20-18(21-12-16-23-17(26-24-16)19(2,3)4)22-14-10-11-25(13-14)15-8-6-7-9-15;/h14-15H,5-13H2,1-4H3,(H2,20,21,22);1H. The van der Waals surface area contributed by atoms with Crippen molar-refractivity contribution in [1.82, 2.24) is 25.7 Å². The minimum absolute atomic E-state index is 0. The van der Waals surface area contributed by atoms with E-state index in [2.05, 4.69) is 58.4 Å². The first-order chi connectivity index (χ1) is 12.5. The molecule has 0 spiro atoms. The van der Waals surface area contributed by atoms with Crippen molar-refractivity contribution < 1.29 is 4.52 Å². The van der Waals surface area contributed by atoms with E-state index in [9.17, 15) is 0 Å². The predicted octanol–water partition coefficient (Wildman–Crippen LogP) is 3.06. The van der Waals surface area contributed by atoms with Crippen LogP contribution >= 0.6 is 24.0 Å². The van der Waals surface area contributed by atoms with Gasteiger partial charge in [-0.3, -0.25) is 4.90 Å². The molecule has 2 fully saturated rings. The van der Waals surface area contributed by atoms with Crippen LogP contribution in [0.5, 0.6) is 0 Å². The lowest BCUT2D eigenvalue weighted by atomic mass is 9.97. The third-order valence-electron chi connectivity index (χ3n) is 5.23. The lowest BCUT2D eigenvalue weighted by Gasteiger charge is -2.24. The van der Waals surface area contributed by atoms with Crippen molar-refractivity contribution in [3.05, 3.63) is 11.7 Å². The van der Waals surface area contributed by atoms with Gasteiger partial charge < -0.3 is 15.2 Å². The molecule has 1 aromatic rings. The Hall–Kier alpha value is -0.900. The summed E-state index contributed by atoms with van der Waals surface area (Å²) in [4.78, 5) is 11.8. The molecule has 2 N–H and O–H groups in total. The maximum absolute atomic E-state index is 5.35. The van der Waals surface area contributed by atoms with Crippen molar-refractivity contribution >= 4 is 29.9 Å². The third kappa shape index (κ3) is 6.30. The Balaban J connectivity index is 0.00000261. The van der Waals surface area contributed by atoms with Gasteiger partial charge in [0.05, 0.1) is 0 Å². The fourth-order valence-corrected chi connectivity index (χ4v) is 3.79. The molecule has 1 aromatic heterocycles. The van der Waals surface area contributed by atoms with E-state index in [-0.39, 0.29) is 29.4 Å². The van der Waals surface area contributed by atoms with Crippen LogP contribution in [0, 0.1) is 0 Å². The maximum atomic E-state index is 5.35. The number of aromatic nitrogens is 2.